The van der Waals surface area contributed by atoms with Gasteiger partial charge in [-0.15, -0.1) is 0 Å². The molecule has 156 valence electrons. The van der Waals surface area contributed by atoms with Crippen LogP contribution >= 0.6 is 11.6 Å². The topological polar surface area (TPSA) is 47.6 Å². The second-order valence-electron chi connectivity index (χ2n) is 7.66. The quantitative estimate of drug-likeness (QED) is 0.531. The van der Waals surface area contributed by atoms with E-state index in [1.807, 2.05) is 60.7 Å². The highest BCUT2D eigenvalue weighted by Gasteiger charge is 2.41. The van der Waals surface area contributed by atoms with Crippen LogP contribution in [0.15, 0.2) is 60.7 Å². The largest absolute Gasteiger partial charge is 0.493 e. The monoisotopic (exact) mass is 423 g/mol. The van der Waals surface area contributed by atoms with E-state index in [-0.39, 0.29) is 5.91 Å². The Labute approximate surface area is 182 Å². The molecule has 1 amide bonds. The summed E-state index contributed by atoms with van der Waals surface area (Å²) in [6.45, 7) is 3.86. The molecule has 30 heavy (non-hydrogen) atoms. The summed E-state index contributed by atoms with van der Waals surface area (Å²) in [7, 11) is 0. The van der Waals surface area contributed by atoms with Crippen molar-refractivity contribution in [1.82, 2.24) is 0 Å². The van der Waals surface area contributed by atoms with Gasteiger partial charge in [0.15, 0.2) is 0 Å². The average molecular weight is 424 g/mol. The number of ether oxygens (including phenoxy) is 2. The van der Waals surface area contributed by atoms with E-state index in [1.165, 1.54) is 0 Å². The second-order valence-corrected chi connectivity index (χ2v) is 8.10. The number of benzene rings is 3. The van der Waals surface area contributed by atoms with E-state index in [1.54, 1.807) is 0 Å². The van der Waals surface area contributed by atoms with E-state index in [0.717, 1.165) is 34.2 Å². The van der Waals surface area contributed by atoms with E-state index in [4.69, 9.17) is 21.1 Å². The third-order valence-electron chi connectivity index (χ3n) is 5.77. The Morgan fingerprint density at radius 1 is 1.03 bits per heavy atom. The molecule has 1 fully saturated rings. The van der Waals surface area contributed by atoms with E-state index < -0.39 is 5.41 Å². The van der Waals surface area contributed by atoms with Crippen LogP contribution in [0.2, 0.25) is 5.02 Å². The van der Waals surface area contributed by atoms with Crippen LogP contribution < -0.4 is 10.1 Å². The number of fused-ring (bicyclic) bond motifs is 1. The predicted octanol–water partition coefficient (Wildman–Crippen LogP) is 5.97. The second kappa shape index (κ2) is 9.07. The maximum Gasteiger partial charge on any atom is 0.235 e. The molecule has 1 aliphatic rings. The minimum Gasteiger partial charge on any atom is -0.493 e. The Balaban J connectivity index is 1.69. The van der Waals surface area contributed by atoms with Gasteiger partial charge in [0.05, 0.1) is 12.0 Å². The first kappa shape index (κ1) is 20.7. The van der Waals surface area contributed by atoms with Crippen LogP contribution in [-0.2, 0) is 14.9 Å². The lowest BCUT2D eigenvalue weighted by molar-refractivity contribution is -0.125. The molecule has 3 aromatic rings. The van der Waals surface area contributed by atoms with Crippen LogP contribution in [0.5, 0.6) is 5.75 Å². The van der Waals surface area contributed by atoms with Gasteiger partial charge in [0.1, 0.15) is 5.75 Å². The van der Waals surface area contributed by atoms with Crippen molar-refractivity contribution in [3.63, 3.8) is 0 Å². The fraction of sp³-hybridized carbons (Fsp3) is 0.320. The summed E-state index contributed by atoms with van der Waals surface area (Å²) in [4.78, 5) is 13.6. The molecule has 0 unspecified atom stereocenters. The highest BCUT2D eigenvalue weighted by atomic mass is 35.5. The third-order valence-corrected chi connectivity index (χ3v) is 6.02. The lowest BCUT2D eigenvalue weighted by Crippen LogP contribution is -2.44. The van der Waals surface area contributed by atoms with Crippen molar-refractivity contribution in [1.29, 1.82) is 0 Å². The highest BCUT2D eigenvalue weighted by Crippen LogP contribution is 2.38. The average Bonchev–Trinajstić information content (AvgIpc) is 2.79. The van der Waals surface area contributed by atoms with Gasteiger partial charge < -0.3 is 14.8 Å². The zero-order valence-corrected chi connectivity index (χ0v) is 17.9. The number of carbonyl (C=O) groups is 1. The maximum absolute atomic E-state index is 13.6. The molecule has 3 aromatic carbocycles. The number of hydrogen-bond acceptors (Lipinski definition) is 3. The number of amides is 1. The van der Waals surface area contributed by atoms with Gasteiger partial charge in [0.25, 0.3) is 0 Å². The first-order valence-electron chi connectivity index (χ1n) is 10.4. The van der Waals surface area contributed by atoms with Crippen molar-refractivity contribution in [2.75, 3.05) is 25.1 Å². The zero-order chi connectivity index (χ0) is 21.0. The lowest BCUT2D eigenvalue weighted by atomic mass is 9.73. The molecule has 1 aliphatic heterocycles. The Kier molecular flexibility index (Phi) is 6.26. The van der Waals surface area contributed by atoms with E-state index in [0.29, 0.717) is 37.7 Å². The molecule has 0 atom stereocenters. The first-order valence-corrected chi connectivity index (χ1v) is 10.8. The SMILES string of the molecule is CCCOc1ccc(NC(=O)C2(c3ccc(Cl)cc3)CCOCC2)c2ccccc12. The van der Waals surface area contributed by atoms with Crippen LogP contribution in [0, 0.1) is 0 Å². The fourth-order valence-corrected chi connectivity index (χ4v) is 4.22. The molecule has 0 aliphatic carbocycles. The molecule has 1 N–H and O–H groups in total. The molecular formula is C25H26ClNO3. The Morgan fingerprint density at radius 2 is 1.73 bits per heavy atom. The summed E-state index contributed by atoms with van der Waals surface area (Å²) in [6.07, 6.45) is 2.21. The van der Waals surface area contributed by atoms with Crippen molar-refractivity contribution < 1.29 is 14.3 Å². The number of nitrogens with one attached hydrogen (secondary N) is 1. The summed E-state index contributed by atoms with van der Waals surface area (Å²) < 4.78 is 11.5. The van der Waals surface area contributed by atoms with Gasteiger partial charge in [-0.25, -0.2) is 0 Å². The Bertz CT molecular complexity index is 1030. The van der Waals surface area contributed by atoms with Crippen molar-refractivity contribution in [3.8, 4) is 5.75 Å². The minimum atomic E-state index is -0.638. The predicted molar refractivity (Wildman–Crippen MR) is 122 cm³/mol. The van der Waals surface area contributed by atoms with Gasteiger partial charge in [-0.1, -0.05) is 54.9 Å². The minimum absolute atomic E-state index is 0.0134. The summed E-state index contributed by atoms with van der Waals surface area (Å²) in [6, 6.07) is 19.5. The summed E-state index contributed by atoms with van der Waals surface area (Å²) in [5.41, 5.74) is 1.13. The van der Waals surface area contributed by atoms with Gasteiger partial charge in [0, 0.05) is 34.7 Å². The van der Waals surface area contributed by atoms with Crippen LogP contribution in [0.1, 0.15) is 31.7 Å². The molecule has 5 heteroatoms. The first-order chi connectivity index (χ1) is 14.6. The summed E-state index contributed by atoms with van der Waals surface area (Å²) >= 11 is 6.08. The lowest BCUT2D eigenvalue weighted by Gasteiger charge is -2.36. The van der Waals surface area contributed by atoms with Crippen molar-refractivity contribution >= 4 is 34.0 Å². The number of hydrogen-bond donors (Lipinski definition) is 1. The Hall–Kier alpha value is -2.56. The van der Waals surface area contributed by atoms with E-state index >= 15 is 0 Å². The van der Waals surface area contributed by atoms with Crippen LogP contribution in [0.4, 0.5) is 5.69 Å². The smallest absolute Gasteiger partial charge is 0.235 e. The standard InChI is InChI=1S/C25H26ClNO3/c1-2-15-30-23-12-11-22(20-5-3-4-6-21(20)23)27-24(28)25(13-16-29-17-14-25)18-7-9-19(26)10-8-18/h3-12H,2,13-17H2,1H3,(H,27,28). The van der Waals surface area contributed by atoms with Crippen molar-refractivity contribution in [3.05, 3.63) is 71.2 Å². The number of halogens is 1. The highest BCUT2D eigenvalue weighted by molar-refractivity contribution is 6.30. The summed E-state index contributed by atoms with van der Waals surface area (Å²) in [5.74, 6) is 0.824. The molecule has 0 spiro atoms. The normalized spacial score (nSPS) is 15.7. The molecule has 4 nitrogen and oxygen atoms in total. The molecular weight excluding hydrogens is 398 g/mol. The molecule has 0 bridgehead atoms. The van der Waals surface area contributed by atoms with Crippen molar-refractivity contribution in [2.45, 2.75) is 31.6 Å². The molecule has 1 saturated heterocycles. The van der Waals surface area contributed by atoms with E-state index in [2.05, 4.69) is 12.2 Å². The Morgan fingerprint density at radius 3 is 2.43 bits per heavy atom. The van der Waals surface area contributed by atoms with Gasteiger partial charge in [-0.3, -0.25) is 4.79 Å². The number of carbonyl (C=O) groups excluding carboxylic acids is 1. The molecule has 1 heterocycles. The fourth-order valence-electron chi connectivity index (χ4n) is 4.10. The number of anilines is 1. The van der Waals surface area contributed by atoms with Gasteiger partial charge in [0.2, 0.25) is 5.91 Å². The molecule has 4 rings (SSSR count). The zero-order valence-electron chi connectivity index (χ0n) is 17.1. The van der Waals surface area contributed by atoms with Crippen molar-refractivity contribution in [2.24, 2.45) is 0 Å². The van der Waals surface area contributed by atoms with Crippen LogP contribution in [0.25, 0.3) is 10.8 Å². The molecule has 0 aromatic heterocycles. The van der Waals surface area contributed by atoms with E-state index in [9.17, 15) is 4.79 Å². The van der Waals surface area contributed by atoms with Crippen LogP contribution in [0.3, 0.4) is 0 Å². The maximum atomic E-state index is 13.6. The molecule has 0 saturated carbocycles. The van der Waals surface area contributed by atoms with Gasteiger partial charge in [-0.2, -0.15) is 0 Å². The van der Waals surface area contributed by atoms with Gasteiger partial charge >= 0.3 is 0 Å². The number of rotatable bonds is 6. The van der Waals surface area contributed by atoms with Crippen LogP contribution in [-0.4, -0.2) is 25.7 Å². The molecule has 0 radical (unpaired) electrons. The van der Waals surface area contributed by atoms with Gasteiger partial charge in [-0.05, 0) is 49.1 Å². The third kappa shape index (κ3) is 4.03. The summed E-state index contributed by atoms with van der Waals surface area (Å²) in [5, 5.41) is 5.84.